The van der Waals surface area contributed by atoms with Crippen molar-refractivity contribution in [3.63, 3.8) is 0 Å². The van der Waals surface area contributed by atoms with Gasteiger partial charge in [0.15, 0.2) is 0 Å². The highest BCUT2D eigenvalue weighted by atomic mass is 79.9. The van der Waals surface area contributed by atoms with Crippen LogP contribution in [0.5, 0.6) is 0 Å². The number of para-hydroxylation sites is 1. The first kappa shape index (κ1) is 13.5. The molecule has 0 aromatic heterocycles. The molecular formula is C10H12BrN3O3. The van der Waals surface area contributed by atoms with Crippen LogP contribution in [0.2, 0.25) is 0 Å². The van der Waals surface area contributed by atoms with E-state index in [1.807, 2.05) is 0 Å². The number of carboxylic acids is 1. The van der Waals surface area contributed by atoms with E-state index in [1.165, 1.54) is 6.07 Å². The molecule has 1 aromatic carbocycles. The van der Waals surface area contributed by atoms with Crippen LogP contribution in [0.3, 0.4) is 0 Å². The van der Waals surface area contributed by atoms with Gasteiger partial charge in [-0.3, -0.25) is 0 Å². The van der Waals surface area contributed by atoms with Crippen molar-refractivity contribution in [1.29, 1.82) is 0 Å². The monoisotopic (exact) mass is 301 g/mol. The van der Waals surface area contributed by atoms with Crippen LogP contribution in [0.15, 0.2) is 22.7 Å². The molecule has 1 rings (SSSR count). The molecule has 5 N–H and O–H groups in total. The van der Waals surface area contributed by atoms with Crippen molar-refractivity contribution in [1.82, 2.24) is 5.32 Å². The number of anilines is 1. The Kier molecular flexibility index (Phi) is 4.92. The molecule has 0 saturated carbocycles. The largest absolute Gasteiger partial charge is 0.478 e. The number of halogens is 1. The zero-order chi connectivity index (χ0) is 12.8. The highest BCUT2D eigenvalue weighted by molar-refractivity contribution is 9.10. The van der Waals surface area contributed by atoms with Gasteiger partial charge in [-0.15, -0.1) is 0 Å². The van der Waals surface area contributed by atoms with Crippen molar-refractivity contribution in [2.45, 2.75) is 0 Å². The van der Waals surface area contributed by atoms with Crippen molar-refractivity contribution >= 4 is 33.6 Å². The number of carbonyl (C=O) groups excluding carboxylic acids is 1. The van der Waals surface area contributed by atoms with Crippen molar-refractivity contribution in [3.8, 4) is 0 Å². The van der Waals surface area contributed by atoms with E-state index in [9.17, 15) is 9.59 Å². The zero-order valence-electron chi connectivity index (χ0n) is 8.87. The average molecular weight is 302 g/mol. The van der Waals surface area contributed by atoms with Crippen molar-refractivity contribution in [3.05, 3.63) is 28.2 Å². The lowest BCUT2D eigenvalue weighted by molar-refractivity contribution is 0.0698. The minimum absolute atomic E-state index is 0.0160. The minimum atomic E-state index is -1.11. The molecule has 0 heterocycles. The van der Waals surface area contributed by atoms with Gasteiger partial charge >= 0.3 is 12.0 Å². The summed E-state index contributed by atoms with van der Waals surface area (Å²) in [5, 5.41) is 13.9. The van der Waals surface area contributed by atoms with E-state index in [1.54, 1.807) is 12.1 Å². The third kappa shape index (κ3) is 3.72. The average Bonchev–Trinajstić information content (AvgIpc) is 2.28. The number of rotatable bonds is 4. The molecule has 0 aliphatic carbocycles. The lowest BCUT2D eigenvalue weighted by Crippen LogP contribution is -2.33. The lowest BCUT2D eigenvalue weighted by Gasteiger charge is -2.11. The molecule has 0 saturated heterocycles. The number of benzene rings is 1. The van der Waals surface area contributed by atoms with E-state index in [2.05, 4.69) is 26.6 Å². The predicted octanol–water partition coefficient (Wildman–Crippen LogP) is 1.23. The van der Waals surface area contributed by atoms with Crippen molar-refractivity contribution in [2.75, 3.05) is 18.4 Å². The van der Waals surface area contributed by atoms with Crippen LogP contribution >= 0.6 is 15.9 Å². The Morgan fingerprint density at radius 1 is 1.41 bits per heavy atom. The van der Waals surface area contributed by atoms with Crippen LogP contribution in [0.1, 0.15) is 10.4 Å². The van der Waals surface area contributed by atoms with Gasteiger partial charge in [-0.05, 0) is 28.1 Å². The summed E-state index contributed by atoms with van der Waals surface area (Å²) in [6.45, 7) is 0.633. The first-order chi connectivity index (χ1) is 8.06. The SMILES string of the molecule is NCCNC(=O)Nc1c(Br)cccc1C(=O)O. The van der Waals surface area contributed by atoms with Crippen LogP contribution in [0.4, 0.5) is 10.5 Å². The summed E-state index contributed by atoms with van der Waals surface area (Å²) in [6, 6.07) is 4.14. The fourth-order valence-electron chi connectivity index (χ4n) is 1.17. The highest BCUT2D eigenvalue weighted by Crippen LogP contribution is 2.26. The molecule has 0 aliphatic rings. The van der Waals surface area contributed by atoms with Gasteiger partial charge < -0.3 is 21.5 Å². The van der Waals surface area contributed by atoms with E-state index < -0.39 is 12.0 Å². The number of hydrogen-bond acceptors (Lipinski definition) is 3. The van der Waals surface area contributed by atoms with Crippen molar-refractivity contribution < 1.29 is 14.7 Å². The van der Waals surface area contributed by atoms with Gasteiger partial charge in [0, 0.05) is 17.6 Å². The van der Waals surface area contributed by atoms with Gasteiger partial charge in [-0.1, -0.05) is 6.07 Å². The molecule has 2 amide bonds. The number of carbonyl (C=O) groups is 2. The smallest absolute Gasteiger partial charge is 0.337 e. The van der Waals surface area contributed by atoms with Gasteiger partial charge in [0.1, 0.15) is 0 Å². The maximum atomic E-state index is 11.4. The molecule has 17 heavy (non-hydrogen) atoms. The number of carboxylic acid groups (broad SMARTS) is 1. The summed E-state index contributed by atoms with van der Waals surface area (Å²) in [6.07, 6.45) is 0. The number of nitrogens with two attached hydrogens (primary N) is 1. The molecule has 0 unspecified atom stereocenters. The molecular weight excluding hydrogens is 290 g/mol. The van der Waals surface area contributed by atoms with E-state index in [-0.39, 0.29) is 11.3 Å². The van der Waals surface area contributed by atoms with Gasteiger partial charge in [-0.2, -0.15) is 0 Å². The Bertz CT molecular complexity index is 437. The molecule has 6 nitrogen and oxygen atoms in total. The topological polar surface area (TPSA) is 104 Å². The number of hydrogen-bond donors (Lipinski definition) is 4. The standard InChI is InChI=1S/C10H12BrN3O3/c11-7-3-1-2-6(9(15)16)8(7)14-10(17)13-5-4-12/h1-3H,4-5,12H2,(H,15,16)(H2,13,14,17). The number of urea groups is 1. The second-order valence-electron chi connectivity index (χ2n) is 3.14. The molecule has 1 aromatic rings. The fourth-order valence-corrected chi connectivity index (χ4v) is 1.64. The Labute approximate surface area is 106 Å². The minimum Gasteiger partial charge on any atom is -0.478 e. The normalized spacial score (nSPS) is 9.76. The predicted molar refractivity (Wildman–Crippen MR) is 67.2 cm³/mol. The Balaban J connectivity index is 2.89. The zero-order valence-corrected chi connectivity index (χ0v) is 10.5. The second-order valence-corrected chi connectivity index (χ2v) is 3.99. The summed E-state index contributed by atoms with van der Waals surface area (Å²) in [5.74, 6) is -1.11. The summed E-state index contributed by atoms with van der Waals surface area (Å²) in [5.41, 5.74) is 5.47. The maximum Gasteiger partial charge on any atom is 0.337 e. The van der Waals surface area contributed by atoms with Crippen LogP contribution in [-0.4, -0.2) is 30.2 Å². The molecule has 0 fully saturated rings. The van der Waals surface area contributed by atoms with Gasteiger partial charge in [-0.25, -0.2) is 9.59 Å². The molecule has 92 valence electrons. The Hall–Kier alpha value is -1.60. The molecule has 0 bridgehead atoms. The molecule has 0 atom stereocenters. The van der Waals surface area contributed by atoms with Gasteiger partial charge in [0.25, 0.3) is 0 Å². The van der Waals surface area contributed by atoms with Crippen molar-refractivity contribution in [2.24, 2.45) is 5.73 Å². The van der Waals surface area contributed by atoms with E-state index in [4.69, 9.17) is 10.8 Å². The summed E-state index contributed by atoms with van der Waals surface area (Å²) >= 11 is 3.18. The van der Waals surface area contributed by atoms with Crippen LogP contribution < -0.4 is 16.4 Å². The molecule has 0 radical (unpaired) electrons. The molecule has 7 heteroatoms. The number of nitrogens with one attached hydrogen (secondary N) is 2. The third-order valence-corrected chi connectivity index (χ3v) is 2.57. The van der Waals surface area contributed by atoms with Crippen LogP contribution in [0.25, 0.3) is 0 Å². The Morgan fingerprint density at radius 2 is 2.12 bits per heavy atom. The summed E-state index contributed by atoms with van der Waals surface area (Å²) < 4.78 is 0.500. The lowest BCUT2D eigenvalue weighted by atomic mass is 10.2. The maximum absolute atomic E-state index is 11.4. The van der Waals surface area contributed by atoms with E-state index >= 15 is 0 Å². The molecule has 0 spiro atoms. The second kappa shape index (κ2) is 6.21. The summed E-state index contributed by atoms with van der Waals surface area (Å²) in [4.78, 5) is 22.4. The number of amides is 2. The van der Waals surface area contributed by atoms with Crippen LogP contribution in [0, 0.1) is 0 Å². The first-order valence-corrected chi connectivity index (χ1v) is 5.62. The Morgan fingerprint density at radius 3 is 2.71 bits per heavy atom. The quantitative estimate of drug-likeness (QED) is 0.671. The first-order valence-electron chi connectivity index (χ1n) is 4.83. The third-order valence-electron chi connectivity index (χ3n) is 1.91. The van der Waals surface area contributed by atoms with E-state index in [0.717, 1.165) is 0 Å². The van der Waals surface area contributed by atoms with Crippen LogP contribution in [-0.2, 0) is 0 Å². The summed E-state index contributed by atoms with van der Waals surface area (Å²) in [7, 11) is 0. The fraction of sp³-hybridized carbons (Fsp3) is 0.200. The number of aromatic carboxylic acids is 1. The van der Waals surface area contributed by atoms with E-state index in [0.29, 0.717) is 17.6 Å². The van der Waals surface area contributed by atoms with Gasteiger partial charge in [0.05, 0.1) is 11.3 Å². The molecule has 0 aliphatic heterocycles. The van der Waals surface area contributed by atoms with Gasteiger partial charge in [0.2, 0.25) is 0 Å². The highest BCUT2D eigenvalue weighted by Gasteiger charge is 2.14.